The van der Waals surface area contributed by atoms with E-state index in [4.69, 9.17) is 30.0 Å². The van der Waals surface area contributed by atoms with Gasteiger partial charge in [-0.2, -0.15) is 0 Å². The number of hydrogen-bond acceptors (Lipinski definition) is 17. The van der Waals surface area contributed by atoms with Crippen molar-refractivity contribution in [1.82, 2.24) is 49.2 Å². The van der Waals surface area contributed by atoms with Crippen molar-refractivity contribution in [2.24, 2.45) is 0 Å². The number of aliphatic hydroxyl groups is 2. The molecule has 24 heteroatoms. The second-order valence-electron chi connectivity index (χ2n) is 10.2. The van der Waals surface area contributed by atoms with Crippen LogP contribution in [0.2, 0.25) is 0 Å². The molecule has 3 fully saturated rings. The Balaban J connectivity index is 1.17. The second kappa shape index (κ2) is 10.7. The summed E-state index contributed by atoms with van der Waals surface area (Å²) < 4.78 is 51.1. The molecule has 22 nitrogen and oxygen atoms in total. The van der Waals surface area contributed by atoms with E-state index in [1.807, 2.05) is 0 Å². The topological polar surface area (TPSA) is 318 Å². The summed E-state index contributed by atoms with van der Waals surface area (Å²) in [6.45, 7) is -1.40. The Labute approximate surface area is 245 Å². The summed E-state index contributed by atoms with van der Waals surface area (Å²) in [5.74, 6) is 0.131. The fourth-order valence-electron chi connectivity index (χ4n) is 5.45. The van der Waals surface area contributed by atoms with E-state index in [0.29, 0.717) is 0 Å². The smallest absolute Gasteiger partial charge is 0.403 e. The average Bonchev–Trinajstić information content (AvgIpc) is 3.73. The van der Waals surface area contributed by atoms with E-state index in [0.717, 1.165) is 0 Å². The molecule has 3 aliphatic rings. The first-order chi connectivity index (χ1) is 20.9. The highest BCUT2D eigenvalue weighted by atomic mass is 31.2. The molecule has 3 aliphatic heterocycles. The summed E-state index contributed by atoms with van der Waals surface area (Å²) in [5, 5.41) is 26.9. The van der Waals surface area contributed by atoms with Gasteiger partial charge in [-0.15, -0.1) is 0 Å². The lowest BCUT2D eigenvalue weighted by Crippen LogP contribution is -2.49. The Kier molecular flexibility index (Phi) is 7.16. The van der Waals surface area contributed by atoms with Crippen molar-refractivity contribution in [2.45, 2.75) is 49.0 Å². The molecule has 4 aromatic rings. The Bertz CT molecular complexity index is 1690. The lowest BCUT2D eigenvalue weighted by Gasteiger charge is -2.33. The van der Waals surface area contributed by atoms with Gasteiger partial charge in [0.1, 0.15) is 48.1 Å². The minimum atomic E-state index is -4.98. The first-order valence-electron chi connectivity index (χ1n) is 12.9. The summed E-state index contributed by atoms with van der Waals surface area (Å²) in [7, 11) is -9.72. The normalized spacial score (nSPS) is 38.3. The number of nitrogens with zero attached hydrogens (tertiary/aromatic N) is 8. The fraction of sp³-hybridized carbons (Fsp3) is 0.500. The van der Waals surface area contributed by atoms with Gasteiger partial charge in [0.15, 0.2) is 35.4 Å². The first-order valence-corrected chi connectivity index (χ1v) is 16.1. The molecule has 4 unspecified atom stereocenters. The van der Waals surface area contributed by atoms with Crippen molar-refractivity contribution in [3.8, 4) is 0 Å². The van der Waals surface area contributed by atoms with Crippen LogP contribution in [-0.4, -0.2) is 104 Å². The minimum absolute atomic E-state index is 0.0646. The Morgan fingerprint density at radius 2 is 1.27 bits per heavy atom. The van der Waals surface area contributed by atoms with Crippen molar-refractivity contribution >= 4 is 49.5 Å². The van der Waals surface area contributed by atoms with Crippen molar-refractivity contribution in [3.63, 3.8) is 0 Å². The molecule has 0 amide bonds. The molecule has 0 bridgehead atoms. The van der Waals surface area contributed by atoms with Crippen LogP contribution in [0.1, 0.15) is 12.5 Å². The summed E-state index contributed by atoms with van der Waals surface area (Å²) >= 11 is 0. The summed E-state index contributed by atoms with van der Waals surface area (Å²) in [6.07, 6.45) is -3.41. The first kappa shape index (κ1) is 29.5. The quantitative estimate of drug-likeness (QED) is 0.105. The van der Waals surface area contributed by atoms with Crippen LogP contribution < -0.4 is 26.5 Å². The van der Waals surface area contributed by atoms with Gasteiger partial charge < -0.3 is 45.5 Å². The van der Waals surface area contributed by atoms with Crippen LogP contribution in [-0.2, 0) is 27.7 Å². The zero-order valence-corrected chi connectivity index (χ0v) is 24.0. The maximum Gasteiger partial charge on any atom is 0.403 e. The Morgan fingerprint density at radius 3 is 1.80 bits per heavy atom. The van der Waals surface area contributed by atoms with Crippen LogP contribution in [0, 0.1) is 0 Å². The highest BCUT2D eigenvalue weighted by Crippen LogP contribution is 2.46. The second-order valence-corrected chi connectivity index (χ2v) is 13.3. The van der Waals surface area contributed by atoms with Gasteiger partial charge in [-0.05, 0) is 0 Å². The predicted molar refractivity (Wildman–Crippen MR) is 142 cm³/mol. The summed E-state index contributed by atoms with van der Waals surface area (Å²) in [6, 6.07) is -2.80. The highest BCUT2D eigenvalue weighted by Gasteiger charge is 2.51. The highest BCUT2D eigenvalue weighted by molar-refractivity contribution is 7.50. The number of ether oxygens (including phenoxy) is 2. The molecule has 236 valence electrons. The molecule has 4 aromatic heterocycles. The van der Waals surface area contributed by atoms with Crippen LogP contribution in [0.15, 0.2) is 25.3 Å². The van der Waals surface area contributed by atoms with Crippen molar-refractivity contribution < 1.29 is 47.7 Å². The van der Waals surface area contributed by atoms with Gasteiger partial charge in [0, 0.05) is 0 Å². The Morgan fingerprint density at radius 1 is 0.795 bits per heavy atom. The molecule has 0 aliphatic carbocycles. The van der Waals surface area contributed by atoms with Crippen LogP contribution in [0.5, 0.6) is 0 Å². The van der Waals surface area contributed by atoms with Gasteiger partial charge in [-0.3, -0.25) is 18.2 Å². The SMILES string of the molecule is Nc1ncnc2c1ncn2[C@@H]1O[C@@H]2COP(=O)([O-])NC3[C@@H](COP(=O)(O)N[C@@H]2C1O)O[C@@H](n1cnc2c(N)ncnc21)[C@H]3O. The molecule has 7 heterocycles. The van der Waals surface area contributed by atoms with Crippen LogP contribution in [0.3, 0.4) is 0 Å². The van der Waals surface area contributed by atoms with E-state index in [1.54, 1.807) is 0 Å². The standard InChI is InChI=1S/C20H26N12O10P2/c21-15-11-17(25-3-23-15)31(5-27-11)19-13(33)9-7(41-19)1-39-43(35,36)30-10-8(2-40-44(37,38)29-9)42-20(14(10)34)32-6-28-12-16(22)24-4-26-18(12)32/h3-10,13-14,19-20,33-34H,1-2H2,(H2,21,23,25)(H2,22,24,26)(H2,29,37,38)(H2,30,35,36)/p-1/t7-,8-,9+,10?,13?,14+,19-,20-/m1/s1. The van der Waals surface area contributed by atoms with Crippen LogP contribution >= 0.6 is 15.5 Å². The van der Waals surface area contributed by atoms with Gasteiger partial charge in [-0.25, -0.2) is 44.6 Å². The maximum absolute atomic E-state index is 13.2. The fourth-order valence-corrected chi connectivity index (χ4v) is 7.67. The number of nitrogens with one attached hydrogen (secondary N) is 2. The molecule has 0 radical (unpaired) electrons. The number of nitrogens with two attached hydrogens (primary N) is 2. The molecule has 10 atom stereocenters. The van der Waals surface area contributed by atoms with E-state index >= 15 is 0 Å². The number of fused-ring (bicyclic) bond motifs is 4. The third kappa shape index (κ3) is 5.04. The molecule has 44 heavy (non-hydrogen) atoms. The number of imidazole rings is 2. The van der Waals surface area contributed by atoms with Gasteiger partial charge >= 0.3 is 7.75 Å². The number of hydrogen-bond donors (Lipinski definition) is 7. The number of aliphatic hydroxyl groups excluding tert-OH is 2. The van der Waals surface area contributed by atoms with Crippen molar-refractivity contribution in [3.05, 3.63) is 25.3 Å². The molecule has 9 N–H and O–H groups in total. The van der Waals surface area contributed by atoms with Gasteiger partial charge in [-0.1, -0.05) is 0 Å². The number of rotatable bonds is 2. The molecule has 0 aromatic carbocycles. The van der Waals surface area contributed by atoms with Crippen LogP contribution in [0.25, 0.3) is 22.3 Å². The molecule has 0 saturated carbocycles. The zero-order valence-electron chi connectivity index (χ0n) is 22.2. The molecule has 0 spiro atoms. The molecular weight excluding hydrogens is 630 g/mol. The van der Waals surface area contributed by atoms with Crippen molar-refractivity contribution in [2.75, 3.05) is 24.7 Å². The lowest BCUT2D eigenvalue weighted by atomic mass is 10.1. The predicted octanol–water partition coefficient (Wildman–Crippen LogP) is -3.12. The largest absolute Gasteiger partial charge is 0.766 e. The number of anilines is 2. The molecule has 3 saturated heterocycles. The van der Waals surface area contributed by atoms with Gasteiger partial charge in [0.2, 0.25) is 7.75 Å². The average molecular weight is 655 g/mol. The molecule has 7 rings (SSSR count). The van der Waals surface area contributed by atoms with E-state index in [2.05, 4.69) is 40.1 Å². The van der Waals surface area contributed by atoms with Gasteiger partial charge in [0.25, 0.3) is 0 Å². The summed E-state index contributed by atoms with van der Waals surface area (Å²) in [4.78, 5) is 48.0. The van der Waals surface area contributed by atoms with Gasteiger partial charge in [0.05, 0.1) is 38.0 Å². The number of aromatic nitrogens is 8. The van der Waals surface area contributed by atoms with Crippen molar-refractivity contribution in [1.29, 1.82) is 0 Å². The number of nitrogen functional groups attached to an aromatic ring is 2. The van der Waals surface area contributed by atoms with E-state index in [9.17, 15) is 29.1 Å². The maximum atomic E-state index is 13.2. The Hall–Kier alpha value is -3.24. The zero-order chi connectivity index (χ0) is 31.0. The minimum Gasteiger partial charge on any atom is -0.766 e. The molecular formula is C20H25N12O10P2-. The van der Waals surface area contributed by atoms with Crippen LogP contribution in [0.4, 0.5) is 11.6 Å². The van der Waals surface area contributed by atoms with E-state index < -0.39 is 77.7 Å². The monoisotopic (exact) mass is 655 g/mol. The summed E-state index contributed by atoms with van der Waals surface area (Å²) in [5.41, 5.74) is 12.5. The van der Waals surface area contributed by atoms with E-state index in [-0.39, 0.29) is 34.0 Å². The third-order valence-corrected chi connectivity index (χ3v) is 9.74. The van der Waals surface area contributed by atoms with E-state index in [1.165, 1.54) is 34.4 Å². The third-order valence-electron chi connectivity index (χ3n) is 7.51. The lowest BCUT2D eigenvalue weighted by molar-refractivity contribution is -0.206.